The molecule has 1 aliphatic rings. The first kappa shape index (κ1) is 66.4. The second-order valence-corrected chi connectivity index (χ2v) is 23.4. The summed E-state index contributed by atoms with van der Waals surface area (Å²) in [6.07, 6.45) is -2.98. The molecule has 1 aliphatic heterocycles. The number of ether oxygens (including phenoxy) is 4. The van der Waals surface area contributed by atoms with E-state index in [2.05, 4.69) is 10.2 Å². The van der Waals surface area contributed by atoms with Crippen LogP contribution in [0.3, 0.4) is 0 Å². The number of esters is 4. The molecule has 4 aromatic rings. The maximum absolute atomic E-state index is 15.0. The molecule has 4 amide bonds. The Morgan fingerprint density at radius 3 is 0.940 bits per heavy atom. The number of hydrogen-bond acceptors (Lipinski definition) is 16. The van der Waals surface area contributed by atoms with Gasteiger partial charge >= 0.3 is 23.9 Å². The van der Waals surface area contributed by atoms with E-state index < -0.39 is 96.1 Å². The number of carbonyl (C=O) groups excluding carboxylic acids is 8. The molecule has 0 spiro atoms. The van der Waals surface area contributed by atoms with Crippen LogP contribution in [-0.4, -0.2) is 163 Å². The van der Waals surface area contributed by atoms with Crippen molar-refractivity contribution >= 4 is 47.5 Å². The van der Waals surface area contributed by atoms with Crippen molar-refractivity contribution in [2.75, 3.05) is 28.2 Å². The minimum absolute atomic E-state index is 0.0540. The van der Waals surface area contributed by atoms with E-state index in [-0.39, 0.29) is 73.6 Å². The highest BCUT2D eigenvalue weighted by Gasteiger charge is 2.43. The third-order valence-corrected chi connectivity index (χ3v) is 14.6. The van der Waals surface area contributed by atoms with Gasteiger partial charge in [0.15, 0.2) is 35.8 Å². The quantitative estimate of drug-likeness (QED) is 0.0933. The Morgan fingerprint density at radius 1 is 0.417 bits per heavy atom. The van der Waals surface area contributed by atoms with Crippen molar-refractivity contribution in [3.63, 3.8) is 0 Å². The molecule has 2 aromatic heterocycles. The van der Waals surface area contributed by atoms with Crippen molar-refractivity contribution in [3.05, 3.63) is 107 Å². The van der Waals surface area contributed by atoms with Crippen LogP contribution >= 0.6 is 0 Å². The van der Waals surface area contributed by atoms with Gasteiger partial charge in [-0.05, 0) is 97.6 Å². The first-order chi connectivity index (χ1) is 39.6. The highest BCUT2D eigenvalue weighted by atomic mass is 16.6. The van der Waals surface area contributed by atoms with Gasteiger partial charge in [0, 0.05) is 53.4 Å². The van der Waals surface area contributed by atoms with E-state index in [0.717, 1.165) is 30.7 Å². The number of carbonyl (C=O) groups is 8. The number of nitriles is 2. The maximum atomic E-state index is 15.0. The fourth-order valence-corrected chi connectivity index (χ4v) is 9.86. The summed E-state index contributed by atoms with van der Waals surface area (Å²) >= 11 is 0. The summed E-state index contributed by atoms with van der Waals surface area (Å²) in [5, 5.41) is 27.0. The molecule has 0 saturated carbocycles. The fraction of sp³-hybridized carbons (Fsp3) is 0.548. The molecule has 22 nitrogen and oxygen atoms in total. The van der Waals surface area contributed by atoms with Crippen LogP contribution in [0.1, 0.15) is 129 Å². The number of hydrogen-bond donors (Lipinski definition) is 0. The Morgan fingerprint density at radius 2 is 0.679 bits per heavy atom. The number of nitrogens with zero attached hydrogens (tertiary/aromatic N) is 10. The largest absolute Gasteiger partial charge is 0.451 e. The molecular formula is C62H82N10O12. The standard InChI is InChI=1S/C62H82N10O12/c1-37(2)27-49-59(77)81-41(9)55(73)67(11)52(30-40(7)8)62(80)84-54(32-44-17-21-46(22-18-44)36-72-26-24-48(34-64)66-72)58(76)70(14)50(28-38(3)4)60(78)82-42(10)56(74)68(12)51(29-39(5)6)61(79)83-53(57(75)69(49)13)31-43-15-19-45(20-16-43)35-71-25-23-47(33-63)65-71/h15-26,37-42,49-54H,27-32,35-36H2,1-14H3/t41-,42-,49+,50+,51+,52+,53-,54-/m1/s1. The van der Waals surface area contributed by atoms with Gasteiger partial charge < -0.3 is 38.5 Å². The summed E-state index contributed by atoms with van der Waals surface area (Å²) in [5.74, 6) is -7.79. The van der Waals surface area contributed by atoms with E-state index in [1.807, 2.05) is 67.5 Å². The molecule has 2 aromatic carbocycles. The predicted octanol–water partition coefficient (Wildman–Crippen LogP) is 5.90. The van der Waals surface area contributed by atoms with Crippen LogP contribution in [0, 0.1) is 46.3 Å². The Hall–Kier alpha value is -8.40. The lowest BCUT2D eigenvalue weighted by atomic mass is 9.99. The SMILES string of the molecule is CC(C)C[C@H]1C(=O)O[C@H](Cc2ccc(Cn3ccc(C#N)n3)cc2)C(=O)N(C)[C@@H](CC(C)C)C(=O)O[C@H](C)C(=O)N(C)[C@@H](CC(C)C)C(=O)O[C@H](Cc2ccc(Cn3ccc(C#N)n3)cc2)C(=O)N(C)[C@@H](CC(C)C)C(=O)O[C@H](C)C(=O)N1C. The summed E-state index contributed by atoms with van der Waals surface area (Å²) in [5.41, 5.74) is 3.26. The average molecular weight is 1160 g/mol. The molecule has 3 heterocycles. The zero-order valence-electron chi connectivity index (χ0n) is 50.9. The van der Waals surface area contributed by atoms with Gasteiger partial charge in [0.1, 0.15) is 36.3 Å². The third-order valence-electron chi connectivity index (χ3n) is 14.6. The first-order valence-electron chi connectivity index (χ1n) is 28.5. The van der Waals surface area contributed by atoms with E-state index in [0.29, 0.717) is 24.2 Å². The van der Waals surface area contributed by atoms with Crippen LogP contribution in [0.15, 0.2) is 73.1 Å². The van der Waals surface area contributed by atoms with E-state index >= 15 is 9.59 Å². The highest BCUT2D eigenvalue weighted by Crippen LogP contribution is 2.25. The van der Waals surface area contributed by atoms with Crippen LogP contribution in [-0.2, 0) is 83.2 Å². The van der Waals surface area contributed by atoms with E-state index in [1.54, 1.807) is 82.4 Å². The minimum Gasteiger partial charge on any atom is -0.451 e. The lowest BCUT2D eigenvalue weighted by molar-refractivity contribution is -0.176. The number of cyclic esters (lactones) is 4. The summed E-state index contributed by atoms with van der Waals surface area (Å²) in [6.45, 7) is 18.0. The van der Waals surface area contributed by atoms with Gasteiger partial charge in [0.05, 0.1) is 13.1 Å². The van der Waals surface area contributed by atoms with Crippen LogP contribution in [0.25, 0.3) is 0 Å². The van der Waals surface area contributed by atoms with Crippen LogP contribution in [0.4, 0.5) is 0 Å². The van der Waals surface area contributed by atoms with Crippen LogP contribution in [0.5, 0.6) is 0 Å². The number of benzene rings is 2. The number of amides is 4. The van der Waals surface area contributed by atoms with Crippen LogP contribution in [0.2, 0.25) is 0 Å². The Kier molecular flexibility index (Phi) is 23.9. The maximum Gasteiger partial charge on any atom is 0.329 e. The van der Waals surface area contributed by atoms with Gasteiger partial charge in [-0.3, -0.25) is 28.5 Å². The second-order valence-electron chi connectivity index (χ2n) is 23.4. The molecule has 8 atom stereocenters. The van der Waals surface area contributed by atoms with Gasteiger partial charge in [0.2, 0.25) is 0 Å². The lowest BCUT2D eigenvalue weighted by Gasteiger charge is -2.35. The van der Waals surface area contributed by atoms with Gasteiger partial charge in [-0.15, -0.1) is 0 Å². The molecule has 5 rings (SSSR count). The van der Waals surface area contributed by atoms with Gasteiger partial charge in [-0.2, -0.15) is 20.7 Å². The molecule has 0 unspecified atom stereocenters. The summed E-state index contributed by atoms with van der Waals surface area (Å²) in [6, 6.07) is 16.1. The summed E-state index contributed by atoms with van der Waals surface area (Å²) in [4.78, 5) is 122. The molecule has 1 saturated heterocycles. The molecule has 84 heavy (non-hydrogen) atoms. The van der Waals surface area contributed by atoms with Crippen molar-refractivity contribution in [1.29, 1.82) is 10.5 Å². The number of aromatic nitrogens is 4. The van der Waals surface area contributed by atoms with Gasteiger partial charge in [-0.25, -0.2) is 19.2 Å². The number of likely N-dealkylation sites (N-methyl/N-ethyl adjacent to an activating group) is 4. The molecule has 452 valence electrons. The van der Waals surface area contributed by atoms with E-state index in [9.17, 15) is 39.3 Å². The molecule has 1 fully saturated rings. The van der Waals surface area contributed by atoms with Crippen molar-refractivity contribution in [1.82, 2.24) is 39.2 Å². The smallest absolute Gasteiger partial charge is 0.329 e. The monoisotopic (exact) mass is 1160 g/mol. The topological polar surface area (TPSA) is 270 Å². The Balaban J connectivity index is 1.58. The molecule has 0 radical (unpaired) electrons. The Labute approximate surface area is 492 Å². The van der Waals surface area contributed by atoms with E-state index in [4.69, 9.17) is 18.9 Å². The zero-order chi connectivity index (χ0) is 62.3. The first-order valence-corrected chi connectivity index (χ1v) is 28.5. The molecule has 0 N–H and O–H groups in total. The van der Waals surface area contributed by atoms with Gasteiger partial charge in [-0.1, -0.05) is 104 Å². The van der Waals surface area contributed by atoms with E-state index in [1.165, 1.54) is 42.0 Å². The number of rotatable bonds is 16. The normalized spacial score (nSPS) is 22.5. The highest BCUT2D eigenvalue weighted by molar-refractivity contribution is 5.94. The molecule has 0 bridgehead atoms. The zero-order valence-corrected chi connectivity index (χ0v) is 50.9. The predicted molar refractivity (Wildman–Crippen MR) is 307 cm³/mol. The second kappa shape index (κ2) is 30.2. The lowest BCUT2D eigenvalue weighted by Crippen LogP contribution is -2.55. The van der Waals surface area contributed by atoms with Crippen molar-refractivity contribution in [2.45, 2.75) is 169 Å². The third kappa shape index (κ3) is 18.3. The fourth-order valence-electron chi connectivity index (χ4n) is 9.86. The van der Waals surface area contributed by atoms with Crippen LogP contribution < -0.4 is 0 Å². The average Bonchev–Trinajstić information content (AvgIpc) is 4.22. The Bertz CT molecular complexity index is 2810. The van der Waals surface area contributed by atoms with Crippen molar-refractivity contribution in [3.8, 4) is 12.1 Å². The van der Waals surface area contributed by atoms with Crippen molar-refractivity contribution < 1.29 is 57.3 Å². The minimum atomic E-state index is -1.58. The summed E-state index contributed by atoms with van der Waals surface area (Å²) < 4.78 is 27.4. The van der Waals surface area contributed by atoms with Crippen molar-refractivity contribution in [2.24, 2.45) is 23.7 Å². The molecule has 0 aliphatic carbocycles. The molecular weight excluding hydrogens is 1080 g/mol. The molecule has 22 heteroatoms. The van der Waals surface area contributed by atoms with Gasteiger partial charge in [0.25, 0.3) is 23.6 Å². The summed E-state index contributed by atoms with van der Waals surface area (Å²) in [7, 11) is 5.47.